The van der Waals surface area contributed by atoms with Crippen molar-refractivity contribution >= 4 is 17.4 Å². The van der Waals surface area contributed by atoms with Crippen molar-refractivity contribution in [2.75, 3.05) is 0 Å². The van der Waals surface area contributed by atoms with Crippen LogP contribution in [-0.2, 0) is 12.8 Å². The summed E-state index contributed by atoms with van der Waals surface area (Å²) < 4.78 is 0. The molecule has 0 radical (unpaired) electrons. The summed E-state index contributed by atoms with van der Waals surface area (Å²) in [6, 6.07) is 15.4. The van der Waals surface area contributed by atoms with Crippen LogP contribution in [0.25, 0.3) is 0 Å². The third-order valence-electron chi connectivity index (χ3n) is 3.20. The molecule has 20 heavy (non-hydrogen) atoms. The molecule has 2 rings (SSSR count). The van der Waals surface area contributed by atoms with Crippen LogP contribution in [0.15, 0.2) is 48.5 Å². The molecule has 0 aliphatic rings. The first-order valence-corrected chi connectivity index (χ1v) is 7.29. The van der Waals surface area contributed by atoms with Gasteiger partial charge in [0.1, 0.15) is 0 Å². The summed E-state index contributed by atoms with van der Waals surface area (Å²) in [4.78, 5) is 12.2. The zero-order valence-corrected chi connectivity index (χ0v) is 12.7. The number of halogens is 1. The smallest absolute Gasteiger partial charge is 0.167 e. The van der Waals surface area contributed by atoms with Crippen LogP contribution in [0.2, 0.25) is 5.02 Å². The molecule has 1 nitrogen and oxygen atoms in total. The summed E-state index contributed by atoms with van der Waals surface area (Å²) in [6.45, 7) is 4.39. The van der Waals surface area contributed by atoms with Gasteiger partial charge in [-0.05, 0) is 35.6 Å². The van der Waals surface area contributed by atoms with Crippen molar-refractivity contribution in [3.05, 3.63) is 70.2 Å². The molecule has 0 aliphatic heterocycles. The number of ketones is 1. The van der Waals surface area contributed by atoms with Gasteiger partial charge in [0.15, 0.2) is 5.78 Å². The maximum absolute atomic E-state index is 12.2. The van der Waals surface area contributed by atoms with Gasteiger partial charge in [0.2, 0.25) is 0 Å². The van der Waals surface area contributed by atoms with Crippen LogP contribution in [0.3, 0.4) is 0 Å². The van der Waals surface area contributed by atoms with Crippen LogP contribution >= 0.6 is 11.6 Å². The van der Waals surface area contributed by atoms with Gasteiger partial charge in [0.05, 0.1) is 0 Å². The standard InChI is InChI=1S/C18H19ClO/c1-13(2)11-14-3-7-16(8-4-14)18(20)12-15-5-9-17(19)10-6-15/h3-10,13H,11-12H2,1-2H3. The van der Waals surface area contributed by atoms with E-state index in [1.807, 2.05) is 36.4 Å². The van der Waals surface area contributed by atoms with E-state index in [4.69, 9.17) is 11.6 Å². The molecule has 2 aromatic carbocycles. The van der Waals surface area contributed by atoms with Crippen molar-refractivity contribution < 1.29 is 4.79 Å². The summed E-state index contributed by atoms with van der Waals surface area (Å²) in [5, 5.41) is 0.694. The van der Waals surface area contributed by atoms with E-state index < -0.39 is 0 Å². The van der Waals surface area contributed by atoms with Gasteiger partial charge in [-0.25, -0.2) is 0 Å². The fourth-order valence-corrected chi connectivity index (χ4v) is 2.31. The molecule has 0 atom stereocenters. The Labute approximate surface area is 125 Å². The highest BCUT2D eigenvalue weighted by atomic mass is 35.5. The summed E-state index contributed by atoms with van der Waals surface area (Å²) in [5.74, 6) is 0.772. The fourth-order valence-electron chi connectivity index (χ4n) is 2.19. The number of carbonyl (C=O) groups is 1. The highest BCUT2D eigenvalue weighted by molar-refractivity contribution is 6.30. The van der Waals surface area contributed by atoms with Gasteiger partial charge in [0.25, 0.3) is 0 Å². The van der Waals surface area contributed by atoms with Crippen LogP contribution in [-0.4, -0.2) is 5.78 Å². The molecule has 0 N–H and O–H groups in total. The van der Waals surface area contributed by atoms with Crippen LogP contribution < -0.4 is 0 Å². The Morgan fingerprint density at radius 1 is 0.950 bits per heavy atom. The molecule has 2 aromatic rings. The Bertz CT molecular complexity index is 567. The maximum atomic E-state index is 12.2. The van der Waals surface area contributed by atoms with Gasteiger partial charge >= 0.3 is 0 Å². The Morgan fingerprint density at radius 3 is 2.05 bits per heavy atom. The molecule has 0 unspecified atom stereocenters. The van der Waals surface area contributed by atoms with Crippen molar-refractivity contribution in [2.24, 2.45) is 5.92 Å². The molecule has 0 saturated heterocycles. The number of rotatable bonds is 5. The predicted molar refractivity (Wildman–Crippen MR) is 84.5 cm³/mol. The van der Waals surface area contributed by atoms with Crippen LogP contribution in [0, 0.1) is 5.92 Å². The molecule has 0 fully saturated rings. The number of hydrogen-bond acceptors (Lipinski definition) is 1. The number of benzene rings is 2. The average Bonchev–Trinajstić information content (AvgIpc) is 2.41. The summed E-state index contributed by atoms with van der Waals surface area (Å²) in [6.07, 6.45) is 1.46. The molecule has 2 heteroatoms. The minimum absolute atomic E-state index is 0.142. The van der Waals surface area contributed by atoms with Gasteiger partial charge < -0.3 is 0 Å². The van der Waals surface area contributed by atoms with Crippen LogP contribution in [0.1, 0.15) is 35.3 Å². The highest BCUT2D eigenvalue weighted by Crippen LogP contribution is 2.14. The van der Waals surface area contributed by atoms with Crippen LogP contribution in [0.4, 0.5) is 0 Å². The molecular weight excluding hydrogens is 268 g/mol. The van der Waals surface area contributed by atoms with Crippen molar-refractivity contribution in [3.8, 4) is 0 Å². The number of hydrogen-bond donors (Lipinski definition) is 0. The quantitative estimate of drug-likeness (QED) is 0.710. The normalized spacial score (nSPS) is 10.8. The zero-order chi connectivity index (χ0) is 14.5. The van der Waals surface area contributed by atoms with E-state index in [9.17, 15) is 4.79 Å². The first-order valence-electron chi connectivity index (χ1n) is 6.91. The second-order valence-corrected chi connectivity index (χ2v) is 5.96. The molecular formula is C18H19ClO. The van der Waals surface area contributed by atoms with Gasteiger partial charge in [-0.2, -0.15) is 0 Å². The Balaban J connectivity index is 2.03. The molecule has 0 aromatic heterocycles. The lowest BCUT2D eigenvalue weighted by atomic mass is 9.98. The third-order valence-corrected chi connectivity index (χ3v) is 3.45. The van der Waals surface area contributed by atoms with Crippen LogP contribution in [0.5, 0.6) is 0 Å². The largest absolute Gasteiger partial charge is 0.294 e. The molecule has 0 heterocycles. The van der Waals surface area contributed by atoms with E-state index in [1.165, 1.54) is 5.56 Å². The SMILES string of the molecule is CC(C)Cc1ccc(C(=O)Cc2ccc(Cl)cc2)cc1. The Kier molecular flexibility index (Phi) is 4.97. The molecule has 0 bridgehead atoms. The number of Topliss-reactive ketones (excluding diaryl/α,β-unsaturated/α-hetero) is 1. The summed E-state index contributed by atoms with van der Waals surface area (Å²) in [7, 11) is 0. The fraction of sp³-hybridized carbons (Fsp3) is 0.278. The van der Waals surface area contributed by atoms with E-state index >= 15 is 0 Å². The minimum Gasteiger partial charge on any atom is -0.294 e. The van der Waals surface area contributed by atoms with E-state index in [0.717, 1.165) is 17.5 Å². The summed E-state index contributed by atoms with van der Waals surface area (Å²) >= 11 is 5.84. The first kappa shape index (κ1) is 14.8. The van der Waals surface area contributed by atoms with Crippen molar-refractivity contribution in [1.82, 2.24) is 0 Å². The van der Waals surface area contributed by atoms with Crippen molar-refractivity contribution in [2.45, 2.75) is 26.7 Å². The highest BCUT2D eigenvalue weighted by Gasteiger charge is 2.07. The first-order chi connectivity index (χ1) is 9.54. The average molecular weight is 287 g/mol. The van der Waals surface area contributed by atoms with Gasteiger partial charge in [-0.1, -0.05) is 61.8 Å². The topological polar surface area (TPSA) is 17.1 Å². The second-order valence-electron chi connectivity index (χ2n) is 5.52. The van der Waals surface area contributed by atoms with E-state index in [2.05, 4.69) is 26.0 Å². The van der Waals surface area contributed by atoms with Crippen molar-refractivity contribution in [3.63, 3.8) is 0 Å². The lowest BCUT2D eigenvalue weighted by Gasteiger charge is -2.06. The van der Waals surface area contributed by atoms with E-state index in [-0.39, 0.29) is 5.78 Å². The molecule has 0 amide bonds. The van der Waals surface area contributed by atoms with E-state index in [1.54, 1.807) is 0 Å². The molecule has 0 aliphatic carbocycles. The molecule has 0 spiro atoms. The van der Waals surface area contributed by atoms with E-state index in [0.29, 0.717) is 17.4 Å². The Morgan fingerprint density at radius 2 is 1.50 bits per heavy atom. The second kappa shape index (κ2) is 6.71. The lowest BCUT2D eigenvalue weighted by molar-refractivity contribution is 0.0993. The Hall–Kier alpha value is -1.60. The zero-order valence-electron chi connectivity index (χ0n) is 11.9. The number of carbonyl (C=O) groups excluding carboxylic acids is 1. The third kappa shape index (κ3) is 4.21. The van der Waals surface area contributed by atoms with Gasteiger partial charge in [-0.15, -0.1) is 0 Å². The van der Waals surface area contributed by atoms with Crippen molar-refractivity contribution in [1.29, 1.82) is 0 Å². The minimum atomic E-state index is 0.142. The monoisotopic (exact) mass is 286 g/mol. The lowest BCUT2D eigenvalue weighted by Crippen LogP contribution is -2.04. The van der Waals surface area contributed by atoms with Gasteiger partial charge in [0, 0.05) is 17.0 Å². The van der Waals surface area contributed by atoms with Gasteiger partial charge in [-0.3, -0.25) is 4.79 Å². The molecule has 0 saturated carbocycles. The predicted octanol–water partition coefficient (Wildman–Crippen LogP) is 4.96. The summed E-state index contributed by atoms with van der Waals surface area (Å²) in [5.41, 5.74) is 3.04. The maximum Gasteiger partial charge on any atom is 0.167 e. The molecule has 104 valence electrons.